The third-order valence-electron chi connectivity index (χ3n) is 3.26. The van der Waals surface area contributed by atoms with E-state index < -0.39 is 12.0 Å². The Bertz CT molecular complexity index is 614. The highest BCUT2D eigenvalue weighted by molar-refractivity contribution is 5.69. The van der Waals surface area contributed by atoms with E-state index in [1.807, 2.05) is 24.3 Å². The fourth-order valence-corrected chi connectivity index (χ4v) is 2.40. The summed E-state index contributed by atoms with van der Waals surface area (Å²) in [7, 11) is 0. The molecule has 0 bridgehead atoms. The van der Waals surface area contributed by atoms with Crippen molar-refractivity contribution in [3.63, 3.8) is 0 Å². The predicted octanol–water partition coefficient (Wildman–Crippen LogP) is 3.44. The molecule has 0 aromatic heterocycles. The zero-order valence-corrected chi connectivity index (χ0v) is 11.8. The van der Waals surface area contributed by atoms with Gasteiger partial charge in [-0.1, -0.05) is 47.5 Å². The van der Waals surface area contributed by atoms with E-state index in [0.29, 0.717) is 0 Å². The lowest BCUT2D eigenvalue weighted by Crippen LogP contribution is -2.14. The Morgan fingerprint density at radius 3 is 2.35 bits per heavy atom. The van der Waals surface area contributed by atoms with Gasteiger partial charge in [-0.05, 0) is 36.6 Å². The first-order chi connectivity index (χ1) is 9.45. The van der Waals surface area contributed by atoms with Gasteiger partial charge in [0.05, 0.1) is 6.42 Å². The van der Waals surface area contributed by atoms with E-state index in [1.54, 1.807) is 0 Å². The van der Waals surface area contributed by atoms with E-state index in [4.69, 9.17) is 10.8 Å². The summed E-state index contributed by atoms with van der Waals surface area (Å²) in [6, 6.07) is 13.7. The molecule has 1 atom stereocenters. The first kappa shape index (κ1) is 14.3. The molecular formula is C17H19NO2. The van der Waals surface area contributed by atoms with Crippen molar-refractivity contribution in [2.45, 2.75) is 26.3 Å². The third-order valence-corrected chi connectivity index (χ3v) is 3.26. The van der Waals surface area contributed by atoms with E-state index in [-0.39, 0.29) is 6.42 Å². The molecule has 2 aromatic rings. The van der Waals surface area contributed by atoms with Crippen molar-refractivity contribution in [2.75, 3.05) is 0 Å². The van der Waals surface area contributed by atoms with Crippen LogP contribution in [0, 0.1) is 13.8 Å². The van der Waals surface area contributed by atoms with Crippen LogP contribution in [0.1, 0.15) is 29.2 Å². The maximum absolute atomic E-state index is 10.7. The number of nitrogens with two attached hydrogens (primary N) is 1. The second-order valence-corrected chi connectivity index (χ2v) is 5.21. The smallest absolute Gasteiger partial charge is 0.305 e. The van der Waals surface area contributed by atoms with Gasteiger partial charge in [-0.25, -0.2) is 0 Å². The normalized spacial score (nSPS) is 12.2. The largest absolute Gasteiger partial charge is 0.481 e. The lowest BCUT2D eigenvalue weighted by Gasteiger charge is -2.12. The summed E-state index contributed by atoms with van der Waals surface area (Å²) in [6.07, 6.45) is -0.0592. The molecule has 2 aromatic carbocycles. The Balaban J connectivity index is 2.36. The topological polar surface area (TPSA) is 63.3 Å². The number of carboxylic acids is 1. The highest BCUT2D eigenvalue weighted by atomic mass is 16.4. The molecule has 0 amide bonds. The number of hydrogen-bond donors (Lipinski definition) is 2. The van der Waals surface area contributed by atoms with E-state index in [2.05, 4.69) is 32.0 Å². The number of carboxylic acid groups (broad SMARTS) is 1. The Morgan fingerprint density at radius 2 is 1.75 bits per heavy atom. The summed E-state index contributed by atoms with van der Waals surface area (Å²) >= 11 is 0. The molecule has 3 heteroatoms. The highest BCUT2D eigenvalue weighted by Crippen LogP contribution is 2.25. The standard InChI is InChI=1S/C17H19NO2/c1-11-6-12(2)8-15(7-11)13-4-3-5-14(9-13)16(18)10-17(19)20/h3-9,16H,10,18H2,1-2H3,(H,19,20)/t16-/m0/s1. The second kappa shape index (κ2) is 5.88. The molecule has 0 radical (unpaired) electrons. The van der Waals surface area contributed by atoms with E-state index >= 15 is 0 Å². The molecule has 0 spiro atoms. The van der Waals surface area contributed by atoms with Gasteiger partial charge in [0, 0.05) is 6.04 Å². The summed E-state index contributed by atoms with van der Waals surface area (Å²) in [4.78, 5) is 10.7. The van der Waals surface area contributed by atoms with Crippen molar-refractivity contribution >= 4 is 5.97 Å². The molecule has 0 heterocycles. The summed E-state index contributed by atoms with van der Waals surface area (Å²) in [6.45, 7) is 4.13. The zero-order chi connectivity index (χ0) is 14.7. The van der Waals surface area contributed by atoms with E-state index in [0.717, 1.165) is 16.7 Å². The van der Waals surface area contributed by atoms with Crippen molar-refractivity contribution in [3.05, 3.63) is 59.2 Å². The van der Waals surface area contributed by atoms with Crippen LogP contribution < -0.4 is 5.73 Å². The van der Waals surface area contributed by atoms with Crippen LogP contribution in [-0.4, -0.2) is 11.1 Å². The molecular weight excluding hydrogens is 250 g/mol. The number of carbonyl (C=O) groups is 1. The molecule has 3 N–H and O–H groups in total. The molecule has 2 rings (SSSR count). The van der Waals surface area contributed by atoms with E-state index in [1.165, 1.54) is 11.1 Å². The molecule has 0 aliphatic heterocycles. The lowest BCUT2D eigenvalue weighted by molar-refractivity contribution is -0.137. The van der Waals surface area contributed by atoms with Crippen LogP contribution in [0.2, 0.25) is 0 Å². The Labute approximate surface area is 119 Å². The second-order valence-electron chi connectivity index (χ2n) is 5.21. The number of rotatable bonds is 4. The highest BCUT2D eigenvalue weighted by Gasteiger charge is 2.11. The fraction of sp³-hybridized carbons (Fsp3) is 0.235. The van der Waals surface area contributed by atoms with Gasteiger partial charge in [0.15, 0.2) is 0 Å². The quantitative estimate of drug-likeness (QED) is 0.893. The van der Waals surface area contributed by atoms with Gasteiger partial charge in [0.25, 0.3) is 0 Å². The van der Waals surface area contributed by atoms with Gasteiger partial charge in [-0.15, -0.1) is 0 Å². The van der Waals surface area contributed by atoms with Crippen LogP contribution in [0.4, 0.5) is 0 Å². The van der Waals surface area contributed by atoms with Gasteiger partial charge in [-0.2, -0.15) is 0 Å². The minimum Gasteiger partial charge on any atom is -0.481 e. The van der Waals surface area contributed by atoms with E-state index in [9.17, 15) is 4.79 Å². The average Bonchev–Trinajstić information content (AvgIpc) is 2.37. The number of aliphatic carboxylic acids is 1. The van der Waals surface area contributed by atoms with Gasteiger partial charge in [-0.3, -0.25) is 4.79 Å². The monoisotopic (exact) mass is 269 g/mol. The predicted molar refractivity (Wildman–Crippen MR) is 80.5 cm³/mol. The molecule has 20 heavy (non-hydrogen) atoms. The Hall–Kier alpha value is -2.13. The summed E-state index contributed by atoms with van der Waals surface area (Å²) in [5.41, 5.74) is 11.4. The molecule has 0 saturated heterocycles. The van der Waals surface area contributed by atoms with Gasteiger partial charge >= 0.3 is 5.97 Å². The Kier molecular flexibility index (Phi) is 4.20. The van der Waals surface area contributed by atoms with Crippen LogP contribution in [0.3, 0.4) is 0 Å². The van der Waals surface area contributed by atoms with Gasteiger partial charge in [0.1, 0.15) is 0 Å². The summed E-state index contributed by atoms with van der Waals surface area (Å²) < 4.78 is 0. The maximum atomic E-state index is 10.7. The first-order valence-corrected chi connectivity index (χ1v) is 6.61. The van der Waals surface area contributed by atoms with Crippen molar-refractivity contribution in [3.8, 4) is 11.1 Å². The van der Waals surface area contributed by atoms with Crippen molar-refractivity contribution in [1.82, 2.24) is 0 Å². The van der Waals surface area contributed by atoms with Crippen LogP contribution in [-0.2, 0) is 4.79 Å². The van der Waals surface area contributed by atoms with Crippen molar-refractivity contribution < 1.29 is 9.90 Å². The number of aryl methyl sites for hydroxylation is 2. The SMILES string of the molecule is Cc1cc(C)cc(-c2cccc([C@@H](N)CC(=O)O)c2)c1. The molecule has 0 unspecified atom stereocenters. The fourth-order valence-electron chi connectivity index (χ4n) is 2.40. The first-order valence-electron chi connectivity index (χ1n) is 6.61. The van der Waals surface area contributed by atoms with Crippen molar-refractivity contribution in [1.29, 1.82) is 0 Å². The molecule has 0 aliphatic rings. The number of benzene rings is 2. The summed E-state index contributed by atoms with van der Waals surface area (Å²) in [5, 5.41) is 8.82. The molecule has 0 fully saturated rings. The van der Waals surface area contributed by atoms with Crippen LogP contribution >= 0.6 is 0 Å². The molecule has 0 aliphatic carbocycles. The molecule has 104 valence electrons. The van der Waals surface area contributed by atoms with Crippen LogP contribution in [0.15, 0.2) is 42.5 Å². The maximum Gasteiger partial charge on any atom is 0.305 e. The minimum absolute atomic E-state index is 0.0592. The lowest BCUT2D eigenvalue weighted by atomic mass is 9.96. The summed E-state index contributed by atoms with van der Waals surface area (Å²) in [5.74, 6) is -0.880. The molecule has 0 saturated carbocycles. The average molecular weight is 269 g/mol. The molecule has 3 nitrogen and oxygen atoms in total. The minimum atomic E-state index is -0.880. The zero-order valence-electron chi connectivity index (χ0n) is 11.8. The van der Waals surface area contributed by atoms with Gasteiger partial charge in [0.2, 0.25) is 0 Å². The number of hydrogen-bond acceptors (Lipinski definition) is 2. The van der Waals surface area contributed by atoms with Crippen molar-refractivity contribution in [2.24, 2.45) is 5.73 Å². The van der Waals surface area contributed by atoms with Crippen LogP contribution in [0.5, 0.6) is 0 Å². The Morgan fingerprint density at radius 1 is 1.10 bits per heavy atom. The third kappa shape index (κ3) is 3.45. The van der Waals surface area contributed by atoms with Gasteiger partial charge < -0.3 is 10.8 Å². The van der Waals surface area contributed by atoms with Crippen LogP contribution in [0.25, 0.3) is 11.1 Å².